The summed E-state index contributed by atoms with van der Waals surface area (Å²) in [7, 11) is 0. The highest BCUT2D eigenvalue weighted by Gasteiger charge is 2.27. The Morgan fingerprint density at radius 2 is 2.04 bits per heavy atom. The predicted octanol–water partition coefficient (Wildman–Crippen LogP) is 2.45. The summed E-state index contributed by atoms with van der Waals surface area (Å²) in [5.41, 5.74) is 0.0157. The van der Waals surface area contributed by atoms with Crippen LogP contribution in [0.3, 0.4) is 0 Å². The largest absolute Gasteiger partial charge is 0.459 e. The first-order valence-electron chi connectivity index (χ1n) is 7.53. The van der Waals surface area contributed by atoms with E-state index in [1.54, 1.807) is 23.1 Å². The van der Waals surface area contributed by atoms with E-state index in [4.69, 9.17) is 4.42 Å². The second-order valence-corrected chi connectivity index (χ2v) is 5.52. The number of carbonyl (C=O) groups excluding carboxylic acids is 2. The summed E-state index contributed by atoms with van der Waals surface area (Å²) in [5.74, 6) is -0.921. The molecule has 2 aromatic rings. The van der Waals surface area contributed by atoms with E-state index in [9.17, 15) is 14.0 Å². The maximum Gasteiger partial charge on any atom is 0.289 e. The van der Waals surface area contributed by atoms with Gasteiger partial charge in [-0.25, -0.2) is 4.39 Å². The third-order valence-electron chi connectivity index (χ3n) is 3.89. The summed E-state index contributed by atoms with van der Waals surface area (Å²) < 4.78 is 18.8. The van der Waals surface area contributed by atoms with Crippen molar-refractivity contribution in [3.63, 3.8) is 0 Å². The highest BCUT2D eigenvalue weighted by atomic mass is 19.1. The summed E-state index contributed by atoms with van der Waals surface area (Å²) in [5, 5.41) is 2.80. The molecule has 0 saturated carbocycles. The topological polar surface area (TPSA) is 62.6 Å². The fourth-order valence-corrected chi connectivity index (χ4v) is 2.74. The van der Waals surface area contributed by atoms with Crippen molar-refractivity contribution >= 4 is 11.8 Å². The lowest BCUT2D eigenvalue weighted by molar-refractivity contribution is 0.0646. The second kappa shape index (κ2) is 6.64. The standard InChI is InChI=1S/C17H17FN2O3/c18-14-7-2-1-6-13(14)16(21)19-12-5-3-9-20(11-12)17(22)15-8-4-10-23-15/h1-2,4,6-8,10,12H,3,5,9,11H2,(H,19,21)/t12-/m0/s1. The van der Waals surface area contributed by atoms with Crippen molar-refractivity contribution in [2.24, 2.45) is 0 Å². The molecule has 6 heteroatoms. The number of hydrogen-bond acceptors (Lipinski definition) is 3. The molecule has 1 aliphatic heterocycles. The number of nitrogens with zero attached hydrogens (tertiary/aromatic N) is 1. The van der Waals surface area contributed by atoms with Gasteiger partial charge in [-0.2, -0.15) is 0 Å². The molecule has 5 nitrogen and oxygen atoms in total. The van der Waals surface area contributed by atoms with Crippen molar-refractivity contribution in [3.05, 3.63) is 59.8 Å². The van der Waals surface area contributed by atoms with Gasteiger partial charge in [0.25, 0.3) is 11.8 Å². The van der Waals surface area contributed by atoms with Gasteiger partial charge in [0.15, 0.2) is 5.76 Å². The Morgan fingerprint density at radius 3 is 2.78 bits per heavy atom. The average Bonchev–Trinajstić information content (AvgIpc) is 3.09. The first-order valence-corrected chi connectivity index (χ1v) is 7.53. The number of halogens is 1. The molecule has 120 valence electrons. The number of rotatable bonds is 3. The molecule has 1 N–H and O–H groups in total. The van der Waals surface area contributed by atoms with E-state index in [0.29, 0.717) is 13.1 Å². The van der Waals surface area contributed by atoms with Gasteiger partial charge in [-0.05, 0) is 37.1 Å². The lowest BCUT2D eigenvalue weighted by Gasteiger charge is -2.32. The molecular weight excluding hydrogens is 299 g/mol. The molecule has 1 atom stereocenters. The maximum absolute atomic E-state index is 13.6. The van der Waals surface area contributed by atoms with Crippen LogP contribution in [0.4, 0.5) is 4.39 Å². The van der Waals surface area contributed by atoms with E-state index in [0.717, 1.165) is 12.8 Å². The van der Waals surface area contributed by atoms with Crippen LogP contribution in [0.1, 0.15) is 33.8 Å². The lowest BCUT2D eigenvalue weighted by atomic mass is 10.0. The van der Waals surface area contributed by atoms with Crippen LogP contribution in [0.25, 0.3) is 0 Å². The van der Waals surface area contributed by atoms with Crippen molar-refractivity contribution in [3.8, 4) is 0 Å². The molecule has 0 bridgehead atoms. The zero-order chi connectivity index (χ0) is 16.2. The molecule has 1 aliphatic rings. The Labute approximate surface area is 133 Å². The maximum atomic E-state index is 13.6. The fraction of sp³-hybridized carbons (Fsp3) is 0.294. The highest BCUT2D eigenvalue weighted by molar-refractivity contribution is 5.95. The van der Waals surface area contributed by atoms with E-state index in [2.05, 4.69) is 5.32 Å². The van der Waals surface area contributed by atoms with Crippen molar-refractivity contribution in [2.45, 2.75) is 18.9 Å². The fourth-order valence-electron chi connectivity index (χ4n) is 2.74. The van der Waals surface area contributed by atoms with Gasteiger partial charge in [0.2, 0.25) is 0 Å². The number of piperidine rings is 1. The van der Waals surface area contributed by atoms with E-state index < -0.39 is 11.7 Å². The highest BCUT2D eigenvalue weighted by Crippen LogP contribution is 2.15. The van der Waals surface area contributed by atoms with Crippen LogP contribution in [0.5, 0.6) is 0 Å². The van der Waals surface area contributed by atoms with Gasteiger partial charge in [0.05, 0.1) is 11.8 Å². The number of furan rings is 1. The predicted molar refractivity (Wildman–Crippen MR) is 81.5 cm³/mol. The van der Waals surface area contributed by atoms with Gasteiger partial charge in [-0.1, -0.05) is 12.1 Å². The minimum Gasteiger partial charge on any atom is -0.459 e. The number of amides is 2. The summed E-state index contributed by atoms with van der Waals surface area (Å²) in [6, 6.07) is 8.93. The normalized spacial score (nSPS) is 17.8. The van der Waals surface area contributed by atoms with Crippen LogP contribution < -0.4 is 5.32 Å². The Morgan fingerprint density at radius 1 is 1.22 bits per heavy atom. The Bertz CT molecular complexity index is 700. The molecule has 0 aliphatic carbocycles. The summed E-state index contributed by atoms with van der Waals surface area (Å²) >= 11 is 0. The molecule has 1 aromatic carbocycles. The number of hydrogen-bond donors (Lipinski definition) is 1. The van der Waals surface area contributed by atoms with E-state index >= 15 is 0 Å². The first kappa shape index (κ1) is 15.3. The molecule has 0 spiro atoms. The van der Waals surface area contributed by atoms with Gasteiger partial charge in [0.1, 0.15) is 5.82 Å². The van der Waals surface area contributed by atoms with Crippen molar-refractivity contribution < 1.29 is 18.4 Å². The number of benzene rings is 1. The molecule has 0 radical (unpaired) electrons. The number of carbonyl (C=O) groups is 2. The van der Waals surface area contributed by atoms with Gasteiger partial charge >= 0.3 is 0 Å². The van der Waals surface area contributed by atoms with Crippen LogP contribution in [0, 0.1) is 5.82 Å². The quantitative estimate of drug-likeness (QED) is 0.946. The SMILES string of the molecule is O=C(N[C@H]1CCCN(C(=O)c2ccco2)C1)c1ccccc1F. The van der Waals surface area contributed by atoms with Gasteiger partial charge in [-0.3, -0.25) is 9.59 Å². The van der Waals surface area contributed by atoms with E-state index in [-0.39, 0.29) is 23.3 Å². The van der Waals surface area contributed by atoms with Crippen LogP contribution in [-0.4, -0.2) is 35.8 Å². The number of nitrogens with one attached hydrogen (secondary N) is 1. The molecule has 23 heavy (non-hydrogen) atoms. The average molecular weight is 316 g/mol. The molecule has 2 heterocycles. The second-order valence-electron chi connectivity index (χ2n) is 5.52. The minimum absolute atomic E-state index is 0.0157. The van der Waals surface area contributed by atoms with E-state index in [1.807, 2.05) is 0 Å². The first-order chi connectivity index (χ1) is 11.1. The molecule has 0 unspecified atom stereocenters. The van der Waals surface area contributed by atoms with Gasteiger partial charge < -0.3 is 14.6 Å². The molecule has 3 rings (SSSR count). The third-order valence-corrected chi connectivity index (χ3v) is 3.89. The lowest BCUT2D eigenvalue weighted by Crippen LogP contribution is -2.49. The molecular formula is C17H17FN2O3. The van der Waals surface area contributed by atoms with Crippen molar-refractivity contribution in [1.82, 2.24) is 10.2 Å². The van der Waals surface area contributed by atoms with Gasteiger partial charge in [-0.15, -0.1) is 0 Å². The zero-order valence-electron chi connectivity index (χ0n) is 12.5. The van der Waals surface area contributed by atoms with E-state index in [1.165, 1.54) is 24.5 Å². The van der Waals surface area contributed by atoms with Crippen molar-refractivity contribution in [1.29, 1.82) is 0 Å². The van der Waals surface area contributed by atoms with Crippen LogP contribution in [0.15, 0.2) is 47.1 Å². The Hall–Kier alpha value is -2.63. The van der Waals surface area contributed by atoms with Crippen LogP contribution in [-0.2, 0) is 0 Å². The van der Waals surface area contributed by atoms with Gasteiger partial charge in [0, 0.05) is 19.1 Å². The Balaban J connectivity index is 1.64. The summed E-state index contributed by atoms with van der Waals surface area (Å²) in [6.45, 7) is 1.01. The molecule has 1 fully saturated rings. The molecule has 1 saturated heterocycles. The summed E-state index contributed by atoms with van der Waals surface area (Å²) in [4.78, 5) is 26.1. The zero-order valence-corrected chi connectivity index (χ0v) is 12.5. The Kier molecular flexibility index (Phi) is 4.41. The van der Waals surface area contributed by atoms with Crippen molar-refractivity contribution in [2.75, 3.05) is 13.1 Å². The minimum atomic E-state index is -0.552. The summed E-state index contributed by atoms with van der Waals surface area (Å²) in [6.07, 6.45) is 2.98. The smallest absolute Gasteiger partial charge is 0.289 e. The molecule has 2 amide bonds. The molecule has 1 aromatic heterocycles. The van der Waals surface area contributed by atoms with Crippen LogP contribution in [0.2, 0.25) is 0 Å². The monoisotopic (exact) mass is 316 g/mol. The third kappa shape index (κ3) is 3.41. The van der Waals surface area contributed by atoms with Crippen LogP contribution >= 0.6 is 0 Å². The number of likely N-dealkylation sites (tertiary alicyclic amines) is 1.